The maximum absolute atomic E-state index is 10.5. The Morgan fingerprint density at radius 2 is 1.63 bits per heavy atom. The minimum atomic E-state index is -0.181. The Kier molecular flexibility index (Phi) is 6.61. The molecule has 2 fully saturated rings. The molecule has 5 heteroatoms. The van der Waals surface area contributed by atoms with Crippen LogP contribution in [0.3, 0.4) is 0 Å². The lowest BCUT2D eigenvalue weighted by Gasteiger charge is -2.39. The highest BCUT2D eigenvalue weighted by Crippen LogP contribution is 2.41. The molecule has 0 atom stereocenters. The maximum Gasteiger partial charge on any atom is 0.120 e. The van der Waals surface area contributed by atoms with Crippen LogP contribution in [0.2, 0.25) is 0 Å². The first-order valence-corrected chi connectivity index (χ1v) is 11.3. The zero-order chi connectivity index (χ0) is 21.0. The summed E-state index contributed by atoms with van der Waals surface area (Å²) in [5.41, 5.74) is 3.01. The lowest BCUT2D eigenvalue weighted by molar-refractivity contribution is 0.147. The molecule has 0 bridgehead atoms. The van der Waals surface area contributed by atoms with Gasteiger partial charge in [-0.15, -0.1) is 0 Å². The molecule has 0 aromatic heterocycles. The third-order valence-electron chi connectivity index (χ3n) is 6.89. The molecule has 3 N–H and O–H groups in total. The van der Waals surface area contributed by atoms with Crippen molar-refractivity contribution < 1.29 is 10.2 Å². The van der Waals surface area contributed by atoms with E-state index in [1.807, 2.05) is 24.3 Å². The zero-order valence-corrected chi connectivity index (χ0v) is 18.1. The number of para-hydroxylation sites is 1. The SMILES string of the molecule is CN1CCN(Cc2cc(CNC3(c4ccccc4O)CCCCC3)ccc2O)CC1. The summed E-state index contributed by atoms with van der Waals surface area (Å²) >= 11 is 0. The van der Waals surface area contributed by atoms with E-state index in [0.29, 0.717) is 11.5 Å². The van der Waals surface area contributed by atoms with Crippen molar-refractivity contribution in [2.24, 2.45) is 0 Å². The van der Waals surface area contributed by atoms with E-state index in [4.69, 9.17) is 0 Å². The topological polar surface area (TPSA) is 59.0 Å². The molecule has 1 saturated heterocycles. The standard InChI is InChI=1S/C25H35N3O2/c1-27-13-15-28(16-14-27)19-21-17-20(9-10-23(21)29)18-26-25(11-5-2-6-12-25)22-7-3-4-8-24(22)30/h3-4,7-10,17,26,29-30H,2,5-6,11-16,18-19H2,1H3. The van der Waals surface area contributed by atoms with Crippen molar-refractivity contribution in [3.8, 4) is 11.5 Å². The minimum Gasteiger partial charge on any atom is -0.508 e. The largest absolute Gasteiger partial charge is 0.508 e. The van der Waals surface area contributed by atoms with Crippen LogP contribution in [0.15, 0.2) is 42.5 Å². The van der Waals surface area contributed by atoms with Crippen LogP contribution in [-0.4, -0.2) is 53.2 Å². The quantitative estimate of drug-likeness (QED) is 0.678. The lowest BCUT2D eigenvalue weighted by Crippen LogP contribution is -2.44. The fourth-order valence-electron chi connectivity index (χ4n) is 4.97. The molecule has 5 nitrogen and oxygen atoms in total. The Morgan fingerprint density at radius 3 is 2.37 bits per heavy atom. The molecule has 1 saturated carbocycles. The summed E-state index contributed by atoms with van der Waals surface area (Å²) < 4.78 is 0. The van der Waals surface area contributed by atoms with Gasteiger partial charge in [-0.3, -0.25) is 4.90 Å². The summed E-state index contributed by atoms with van der Waals surface area (Å²) in [4.78, 5) is 4.76. The van der Waals surface area contributed by atoms with Gasteiger partial charge in [0.05, 0.1) is 0 Å². The smallest absolute Gasteiger partial charge is 0.120 e. The molecular weight excluding hydrogens is 374 g/mol. The number of hydrogen-bond donors (Lipinski definition) is 3. The molecule has 1 aliphatic carbocycles. The molecule has 0 unspecified atom stereocenters. The average molecular weight is 410 g/mol. The van der Waals surface area contributed by atoms with E-state index < -0.39 is 0 Å². The second kappa shape index (κ2) is 9.38. The van der Waals surface area contributed by atoms with Crippen molar-refractivity contribution in [1.82, 2.24) is 15.1 Å². The molecular formula is C25H35N3O2. The summed E-state index contributed by atoms with van der Waals surface area (Å²) in [7, 11) is 2.16. The highest BCUT2D eigenvalue weighted by Gasteiger charge is 2.35. The molecule has 0 radical (unpaired) electrons. The van der Waals surface area contributed by atoms with Crippen LogP contribution in [0.25, 0.3) is 0 Å². The number of nitrogens with zero attached hydrogens (tertiary/aromatic N) is 2. The normalized spacial score (nSPS) is 20.3. The Hall–Kier alpha value is -2.08. The Morgan fingerprint density at radius 1 is 0.900 bits per heavy atom. The summed E-state index contributed by atoms with van der Waals surface area (Å²) in [6.45, 7) is 5.74. The van der Waals surface area contributed by atoms with Crippen LogP contribution in [0.4, 0.5) is 0 Å². The van der Waals surface area contributed by atoms with Crippen LogP contribution in [0, 0.1) is 0 Å². The molecule has 1 heterocycles. The first-order valence-electron chi connectivity index (χ1n) is 11.3. The highest BCUT2D eigenvalue weighted by molar-refractivity contribution is 5.39. The molecule has 30 heavy (non-hydrogen) atoms. The third kappa shape index (κ3) is 4.80. The van der Waals surface area contributed by atoms with Crippen molar-refractivity contribution in [3.63, 3.8) is 0 Å². The van der Waals surface area contributed by atoms with Gasteiger partial charge >= 0.3 is 0 Å². The van der Waals surface area contributed by atoms with Gasteiger partial charge in [-0.05, 0) is 43.7 Å². The highest BCUT2D eigenvalue weighted by atomic mass is 16.3. The van der Waals surface area contributed by atoms with Gasteiger partial charge < -0.3 is 20.4 Å². The Bertz CT molecular complexity index is 840. The number of benzene rings is 2. The van der Waals surface area contributed by atoms with Gasteiger partial charge in [0.1, 0.15) is 11.5 Å². The van der Waals surface area contributed by atoms with E-state index in [9.17, 15) is 10.2 Å². The van der Waals surface area contributed by atoms with Gasteiger partial charge in [0.25, 0.3) is 0 Å². The van der Waals surface area contributed by atoms with Gasteiger partial charge in [0.2, 0.25) is 0 Å². The predicted octanol–water partition coefficient (Wildman–Crippen LogP) is 3.79. The third-order valence-corrected chi connectivity index (χ3v) is 6.89. The average Bonchev–Trinajstić information content (AvgIpc) is 2.77. The van der Waals surface area contributed by atoms with E-state index >= 15 is 0 Å². The van der Waals surface area contributed by atoms with Crippen molar-refractivity contribution in [1.29, 1.82) is 0 Å². The second-order valence-electron chi connectivity index (χ2n) is 9.06. The molecule has 1 aliphatic heterocycles. The number of phenolic OH excluding ortho intramolecular Hbond substituents is 2. The van der Waals surface area contributed by atoms with Crippen LogP contribution < -0.4 is 5.32 Å². The minimum absolute atomic E-state index is 0.181. The molecule has 162 valence electrons. The summed E-state index contributed by atoms with van der Waals surface area (Å²) in [5.74, 6) is 0.763. The number of hydrogen-bond acceptors (Lipinski definition) is 5. The van der Waals surface area contributed by atoms with Gasteiger partial charge in [0.15, 0.2) is 0 Å². The number of rotatable bonds is 6. The zero-order valence-electron chi connectivity index (χ0n) is 18.1. The van der Waals surface area contributed by atoms with E-state index in [1.54, 1.807) is 6.07 Å². The molecule has 0 amide bonds. The molecule has 2 aromatic carbocycles. The maximum atomic E-state index is 10.5. The Balaban J connectivity index is 1.48. The number of piperazine rings is 1. The first-order chi connectivity index (χ1) is 14.6. The summed E-state index contributed by atoms with van der Waals surface area (Å²) in [6, 6.07) is 13.7. The van der Waals surface area contributed by atoms with Crippen molar-refractivity contribution in [3.05, 3.63) is 59.2 Å². The first kappa shape index (κ1) is 21.2. The van der Waals surface area contributed by atoms with Crippen LogP contribution in [-0.2, 0) is 18.6 Å². The second-order valence-corrected chi connectivity index (χ2v) is 9.06. The summed E-state index contributed by atoms with van der Waals surface area (Å²) in [5, 5.41) is 24.7. The molecule has 2 aliphatic rings. The number of phenols is 2. The summed E-state index contributed by atoms with van der Waals surface area (Å²) in [6.07, 6.45) is 5.68. The number of aromatic hydroxyl groups is 2. The lowest BCUT2D eigenvalue weighted by atomic mass is 9.76. The van der Waals surface area contributed by atoms with E-state index in [1.165, 1.54) is 24.8 Å². The molecule has 4 rings (SSSR count). The molecule has 0 spiro atoms. The van der Waals surface area contributed by atoms with E-state index in [-0.39, 0.29) is 5.54 Å². The van der Waals surface area contributed by atoms with Gasteiger partial charge in [-0.25, -0.2) is 0 Å². The number of likely N-dealkylation sites (N-methyl/N-ethyl adjacent to an activating group) is 1. The van der Waals surface area contributed by atoms with Crippen LogP contribution in [0.1, 0.15) is 48.8 Å². The van der Waals surface area contributed by atoms with Gasteiger partial charge in [0, 0.05) is 55.9 Å². The van der Waals surface area contributed by atoms with Crippen LogP contribution >= 0.6 is 0 Å². The Labute approximate surface area is 180 Å². The van der Waals surface area contributed by atoms with Crippen molar-refractivity contribution in [2.45, 2.75) is 50.7 Å². The van der Waals surface area contributed by atoms with Gasteiger partial charge in [-0.1, -0.05) is 43.5 Å². The van der Waals surface area contributed by atoms with Gasteiger partial charge in [-0.2, -0.15) is 0 Å². The fraction of sp³-hybridized carbons (Fsp3) is 0.520. The fourth-order valence-corrected chi connectivity index (χ4v) is 4.97. The van der Waals surface area contributed by atoms with Crippen LogP contribution in [0.5, 0.6) is 11.5 Å². The van der Waals surface area contributed by atoms with E-state index in [2.05, 4.69) is 34.3 Å². The van der Waals surface area contributed by atoms with E-state index in [0.717, 1.165) is 63.2 Å². The van der Waals surface area contributed by atoms with Crippen molar-refractivity contribution >= 4 is 0 Å². The monoisotopic (exact) mass is 409 g/mol. The predicted molar refractivity (Wildman–Crippen MR) is 121 cm³/mol. The molecule has 2 aromatic rings. The van der Waals surface area contributed by atoms with Crippen molar-refractivity contribution in [2.75, 3.05) is 33.2 Å². The number of nitrogens with one attached hydrogen (secondary N) is 1.